The molecular formula is C24H21ClN4O7S. The van der Waals surface area contributed by atoms with E-state index in [-0.39, 0.29) is 21.8 Å². The molecule has 0 unspecified atom stereocenters. The molecule has 4 rings (SSSR count). The van der Waals surface area contributed by atoms with Gasteiger partial charge < -0.3 is 10.1 Å². The van der Waals surface area contributed by atoms with Crippen LogP contribution in [0.25, 0.3) is 10.9 Å². The Labute approximate surface area is 216 Å². The van der Waals surface area contributed by atoms with Crippen LogP contribution in [0.3, 0.4) is 0 Å². The van der Waals surface area contributed by atoms with Crippen LogP contribution in [-0.2, 0) is 10.1 Å². The number of carbonyl (C=O) groups excluding carboxylic acids is 2. The monoisotopic (exact) mass is 544 g/mol. The van der Waals surface area contributed by atoms with E-state index in [0.29, 0.717) is 5.02 Å². The highest BCUT2D eigenvalue weighted by atomic mass is 35.5. The number of carbonyl (C=O) groups is 3. The van der Waals surface area contributed by atoms with Crippen LogP contribution in [-0.4, -0.2) is 41.0 Å². The number of carboxylic acid groups (broad SMARTS) is 1. The van der Waals surface area contributed by atoms with Gasteiger partial charge in [0, 0.05) is 15.9 Å². The van der Waals surface area contributed by atoms with Gasteiger partial charge in [-0.1, -0.05) is 41.4 Å². The molecule has 0 spiro atoms. The fourth-order valence-electron chi connectivity index (χ4n) is 3.09. The normalized spacial score (nSPS) is 10.7. The van der Waals surface area contributed by atoms with Crippen molar-refractivity contribution in [1.82, 2.24) is 15.8 Å². The zero-order valence-electron chi connectivity index (χ0n) is 19.2. The number of aromatic nitrogens is 1. The van der Waals surface area contributed by atoms with E-state index in [4.69, 9.17) is 21.3 Å². The Balaban J connectivity index is 0.000000289. The molecule has 3 aromatic carbocycles. The second-order valence-corrected chi connectivity index (χ2v) is 9.44. The first kappa shape index (κ1) is 27.2. The predicted octanol–water partition coefficient (Wildman–Crippen LogP) is 4.23. The van der Waals surface area contributed by atoms with E-state index in [0.717, 1.165) is 16.5 Å². The number of halogens is 1. The SMILES string of the molecule is Cc1ccc(S(=O)(=O)O)cc1.O=C(O)Nc1ccccc1C(=O)NNC(=O)c1cc2cc(Cl)ccc2[nH]1. The van der Waals surface area contributed by atoms with Crippen LogP contribution >= 0.6 is 11.6 Å². The van der Waals surface area contributed by atoms with Gasteiger partial charge in [-0.15, -0.1) is 0 Å². The molecule has 0 bridgehead atoms. The number of aryl methyl sites for hydroxylation is 1. The van der Waals surface area contributed by atoms with Crippen molar-refractivity contribution in [3.05, 3.63) is 94.6 Å². The minimum atomic E-state index is -4.02. The van der Waals surface area contributed by atoms with E-state index in [9.17, 15) is 22.8 Å². The van der Waals surface area contributed by atoms with Gasteiger partial charge >= 0.3 is 6.09 Å². The lowest BCUT2D eigenvalue weighted by atomic mass is 10.1. The molecule has 192 valence electrons. The second-order valence-electron chi connectivity index (χ2n) is 7.59. The van der Waals surface area contributed by atoms with Crippen LogP contribution in [0.2, 0.25) is 5.02 Å². The summed E-state index contributed by atoms with van der Waals surface area (Å²) in [4.78, 5) is 38.0. The van der Waals surface area contributed by atoms with Gasteiger partial charge in [0.05, 0.1) is 16.1 Å². The van der Waals surface area contributed by atoms with E-state index in [2.05, 4.69) is 21.2 Å². The number of aromatic amines is 1. The molecule has 0 saturated carbocycles. The van der Waals surface area contributed by atoms with E-state index in [1.165, 1.54) is 24.3 Å². The van der Waals surface area contributed by atoms with Gasteiger partial charge in [0.2, 0.25) is 0 Å². The van der Waals surface area contributed by atoms with Crippen LogP contribution < -0.4 is 16.2 Å². The third-order valence-electron chi connectivity index (χ3n) is 4.85. The molecule has 0 fully saturated rings. The fraction of sp³-hybridized carbons (Fsp3) is 0.0417. The fourth-order valence-corrected chi connectivity index (χ4v) is 3.75. The van der Waals surface area contributed by atoms with Crippen LogP contribution in [0, 0.1) is 6.92 Å². The third kappa shape index (κ3) is 7.54. The number of para-hydroxylation sites is 1. The molecule has 4 aromatic rings. The lowest BCUT2D eigenvalue weighted by Gasteiger charge is -2.10. The number of nitrogens with one attached hydrogen (secondary N) is 4. The number of H-pyrrole nitrogens is 1. The maximum atomic E-state index is 12.2. The van der Waals surface area contributed by atoms with Crippen molar-refractivity contribution in [3.63, 3.8) is 0 Å². The van der Waals surface area contributed by atoms with Gasteiger partial charge in [-0.25, -0.2) is 4.79 Å². The summed E-state index contributed by atoms with van der Waals surface area (Å²) in [5.41, 5.74) is 6.61. The molecule has 11 nitrogen and oxygen atoms in total. The number of hydrogen-bond acceptors (Lipinski definition) is 5. The average molecular weight is 545 g/mol. The molecule has 0 aliphatic heterocycles. The Bertz CT molecular complexity index is 1570. The molecule has 1 heterocycles. The Morgan fingerprint density at radius 1 is 0.892 bits per heavy atom. The van der Waals surface area contributed by atoms with E-state index >= 15 is 0 Å². The molecule has 3 amide bonds. The predicted molar refractivity (Wildman–Crippen MR) is 137 cm³/mol. The smallest absolute Gasteiger partial charge is 0.409 e. The topological polar surface area (TPSA) is 178 Å². The molecule has 1 aromatic heterocycles. The summed E-state index contributed by atoms with van der Waals surface area (Å²) in [6.45, 7) is 1.84. The van der Waals surface area contributed by atoms with Crippen molar-refractivity contribution in [2.75, 3.05) is 5.32 Å². The first-order chi connectivity index (χ1) is 17.4. The van der Waals surface area contributed by atoms with Gasteiger partial charge in [-0.3, -0.25) is 30.3 Å². The Hall–Kier alpha value is -4.39. The maximum absolute atomic E-state index is 12.2. The third-order valence-corrected chi connectivity index (χ3v) is 5.95. The molecular weight excluding hydrogens is 524 g/mol. The summed E-state index contributed by atoms with van der Waals surface area (Å²) in [5.74, 6) is -1.23. The van der Waals surface area contributed by atoms with Crippen molar-refractivity contribution in [3.8, 4) is 0 Å². The van der Waals surface area contributed by atoms with Crippen LogP contribution in [0.1, 0.15) is 26.4 Å². The Morgan fingerprint density at radius 2 is 1.54 bits per heavy atom. The molecule has 0 radical (unpaired) electrons. The number of rotatable bonds is 4. The maximum Gasteiger partial charge on any atom is 0.409 e. The first-order valence-electron chi connectivity index (χ1n) is 10.5. The van der Waals surface area contributed by atoms with Crippen molar-refractivity contribution in [2.45, 2.75) is 11.8 Å². The second kappa shape index (κ2) is 11.6. The van der Waals surface area contributed by atoms with E-state index < -0.39 is 28.0 Å². The number of hydrazine groups is 1. The molecule has 0 saturated heterocycles. The van der Waals surface area contributed by atoms with Crippen molar-refractivity contribution < 1.29 is 32.5 Å². The lowest BCUT2D eigenvalue weighted by Crippen LogP contribution is -2.42. The number of benzene rings is 3. The molecule has 0 aliphatic rings. The molecule has 0 atom stereocenters. The van der Waals surface area contributed by atoms with Gasteiger partial charge in [0.15, 0.2) is 0 Å². The van der Waals surface area contributed by atoms with Gasteiger partial charge in [-0.2, -0.15) is 8.42 Å². The van der Waals surface area contributed by atoms with E-state index in [1.807, 2.05) is 6.92 Å². The van der Waals surface area contributed by atoms with Crippen LogP contribution in [0.4, 0.5) is 10.5 Å². The van der Waals surface area contributed by atoms with Gasteiger partial charge in [-0.05, 0) is 55.5 Å². The molecule has 0 aliphatic carbocycles. The molecule has 13 heteroatoms. The lowest BCUT2D eigenvalue weighted by molar-refractivity contribution is 0.0845. The highest BCUT2D eigenvalue weighted by molar-refractivity contribution is 7.85. The number of fused-ring (bicyclic) bond motifs is 1. The van der Waals surface area contributed by atoms with Gasteiger partial charge in [0.25, 0.3) is 21.9 Å². The number of amides is 3. The summed E-state index contributed by atoms with van der Waals surface area (Å²) in [5, 5.41) is 12.2. The van der Waals surface area contributed by atoms with Crippen molar-refractivity contribution in [1.29, 1.82) is 0 Å². The van der Waals surface area contributed by atoms with Gasteiger partial charge in [0.1, 0.15) is 5.69 Å². The quantitative estimate of drug-likeness (QED) is 0.164. The Kier molecular flexibility index (Phi) is 8.50. The molecule has 37 heavy (non-hydrogen) atoms. The standard InChI is InChI=1S/C17H13ClN4O4.C7H8O3S/c18-10-5-6-12-9(7-10)8-14(19-12)16(24)22-21-15(23)11-3-1-2-4-13(11)20-17(25)26;1-6-2-4-7(5-3-6)11(8,9)10/h1-8,19-20H,(H,21,23)(H,22,24)(H,25,26);2-5H,1H3,(H,8,9,10). The largest absolute Gasteiger partial charge is 0.465 e. The number of anilines is 1. The Morgan fingerprint density at radius 3 is 2.19 bits per heavy atom. The first-order valence-corrected chi connectivity index (χ1v) is 12.3. The summed E-state index contributed by atoms with van der Waals surface area (Å²) in [6, 6.07) is 18.7. The average Bonchev–Trinajstić information content (AvgIpc) is 3.26. The number of hydrogen-bond donors (Lipinski definition) is 6. The highest BCUT2D eigenvalue weighted by Gasteiger charge is 2.15. The minimum Gasteiger partial charge on any atom is -0.465 e. The highest BCUT2D eigenvalue weighted by Crippen LogP contribution is 2.20. The van der Waals surface area contributed by atoms with Crippen LogP contribution in [0.5, 0.6) is 0 Å². The van der Waals surface area contributed by atoms with Crippen molar-refractivity contribution >= 4 is 56.2 Å². The summed E-state index contributed by atoms with van der Waals surface area (Å²) in [7, 11) is -4.02. The molecule has 6 N–H and O–H groups in total. The van der Waals surface area contributed by atoms with Crippen molar-refractivity contribution in [2.24, 2.45) is 0 Å². The minimum absolute atomic E-state index is 0.0666. The zero-order valence-corrected chi connectivity index (χ0v) is 20.7. The summed E-state index contributed by atoms with van der Waals surface area (Å²) >= 11 is 5.91. The zero-order chi connectivity index (χ0) is 27.2. The summed E-state index contributed by atoms with van der Waals surface area (Å²) in [6.07, 6.45) is -1.30. The summed E-state index contributed by atoms with van der Waals surface area (Å²) < 4.78 is 29.6. The van der Waals surface area contributed by atoms with E-state index in [1.54, 1.807) is 48.5 Å². The van der Waals surface area contributed by atoms with Crippen LogP contribution in [0.15, 0.2) is 77.7 Å².